The van der Waals surface area contributed by atoms with Crippen LogP contribution in [0.2, 0.25) is 0 Å². The van der Waals surface area contributed by atoms with E-state index in [1.54, 1.807) is 17.8 Å². The molecule has 1 fully saturated rings. The number of hydrazine groups is 1. The Kier molecular flexibility index (Phi) is 3.30. The van der Waals surface area contributed by atoms with Crippen molar-refractivity contribution >= 4 is 17.7 Å². The maximum Gasteiger partial charge on any atom is 0.268 e. The molecule has 15 heavy (non-hydrogen) atoms. The van der Waals surface area contributed by atoms with Crippen LogP contribution in [0, 0.1) is 0 Å². The Morgan fingerprint density at radius 3 is 3.07 bits per heavy atom. The average molecular weight is 228 g/mol. The Hall–Kier alpha value is -0.980. The van der Waals surface area contributed by atoms with E-state index < -0.39 is 0 Å². The molecule has 0 radical (unpaired) electrons. The number of carbonyl (C=O) groups is 1. The summed E-state index contributed by atoms with van der Waals surface area (Å²) < 4.78 is 10.3. The van der Waals surface area contributed by atoms with Crippen molar-refractivity contribution in [3.05, 3.63) is 23.7 Å². The molecule has 1 saturated heterocycles. The Labute approximate surface area is 91.3 Å². The van der Waals surface area contributed by atoms with E-state index in [0.29, 0.717) is 10.8 Å². The number of nitrogen functional groups attached to an aromatic ring is 1. The molecular weight excluding hydrogens is 216 g/mol. The minimum Gasteiger partial charge on any atom is -0.468 e. The van der Waals surface area contributed by atoms with Gasteiger partial charge in [0.1, 0.15) is 12.0 Å². The highest BCUT2D eigenvalue weighted by molar-refractivity contribution is 7.99. The predicted octanol–water partition coefficient (Wildman–Crippen LogP) is 0.515. The van der Waals surface area contributed by atoms with Crippen molar-refractivity contribution in [2.75, 3.05) is 13.2 Å². The van der Waals surface area contributed by atoms with Gasteiger partial charge in [-0.3, -0.25) is 10.2 Å². The number of hydrogen-bond donors (Lipinski definition) is 2. The van der Waals surface area contributed by atoms with Crippen molar-refractivity contribution in [3.63, 3.8) is 0 Å². The van der Waals surface area contributed by atoms with Gasteiger partial charge in [0.25, 0.3) is 5.91 Å². The number of hydrogen-bond acceptors (Lipinski definition) is 5. The summed E-state index contributed by atoms with van der Waals surface area (Å²) in [4.78, 5) is 11.1. The monoisotopic (exact) mass is 228 g/mol. The number of thioether (sulfide) groups is 1. The number of nitrogens with two attached hydrogens (primary N) is 1. The molecule has 0 spiro atoms. The van der Waals surface area contributed by atoms with E-state index in [2.05, 4.69) is 5.43 Å². The highest BCUT2D eigenvalue weighted by atomic mass is 32.2. The first-order chi connectivity index (χ1) is 7.29. The fourth-order valence-electron chi connectivity index (χ4n) is 1.17. The molecule has 0 bridgehead atoms. The molecule has 0 unspecified atom stereocenters. The fraction of sp³-hybridized carbons (Fsp3) is 0.444. The number of carbonyl (C=O) groups excluding carboxylic acids is 1. The summed E-state index contributed by atoms with van der Waals surface area (Å²) in [6.07, 6.45) is 1.41. The zero-order valence-electron chi connectivity index (χ0n) is 8.06. The normalized spacial score (nSPS) is 16.1. The van der Waals surface area contributed by atoms with Crippen molar-refractivity contribution in [2.24, 2.45) is 5.84 Å². The molecule has 82 valence electrons. The van der Waals surface area contributed by atoms with Gasteiger partial charge in [0.15, 0.2) is 0 Å². The largest absolute Gasteiger partial charge is 0.468 e. The zero-order chi connectivity index (χ0) is 10.7. The Bertz CT molecular complexity index is 349. The molecule has 1 amide bonds. The number of amides is 1. The molecule has 1 aliphatic heterocycles. The lowest BCUT2D eigenvalue weighted by molar-refractivity contribution is 0.0454. The van der Waals surface area contributed by atoms with Crippen molar-refractivity contribution < 1.29 is 13.9 Å². The van der Waals surface area contributed by atoms with E-state index in [-0.39, 0.29) is 5.91 Å². The third-order valence-corrected chi connectivity index (χ3v) is 3.31. The van der Waals surface area contributed by atoms with Crippen LogP contribution in [0.3, 0.4) is 0 Å². The Balaban J connectivity index is 1.86. The van der Waals surface area contributed by atoms with Crippen LogP contribution in [-0.4, -0.2) is 24.4 Å². The van der Waals surface area contributed by atoms with E-state index in [1.165, 1.54) is 6.26 Å². The van der Waals surface area contributed by atoms with Crippen LogP contribution in [0.15, 0.2) is 16.7 Å². The molecule has 2 rings (SSSR count). The molecule has 0 aliphatic carbocycles. The smallest absolute Gasteiger partial charge is 0.268 e. The average Bonchev–Trinajstić information content (AvgIpc) is 2.63. The van der Waals surface area contributed by atoms with Gasteiger partial charge < -0.3 is 9.15 Å². The van der Waals surface area contributed by atoms with Gasteiger partial charge in [-0.2, -0.15) is 0 Å². The minimum absolute atomic E-state index is 0.332. The molecule has 0 atom stereocenters. The van der Waals surface area contributed by atoms with Gasteiger partial charge >= 0.3 is 0 Å². The van der Waals surface area contributed by atoms with Crippen LogP contribution in [0.25, 0.3) is 0 Å². The fourth-order valence-corrected chi connectivity index (χ4v) is 2.11. The van der Waals surface area contributed by atoms with Gasteiger partial charge in [-0.15, -0.1) is 11.8 Å². The Morgan fingerprint density at radius 2 is 2.47 bits per heavy atom. The summed E-state index contributed by atoms with van der Waals surface area (Å²) in [6, 6.07) is 1.70. The topological polar surface area (TPSA) is 77.5 Å². The quantitative estimate of drug-likeness (QED) is 0.446. The van der Waals surface area contributed by atoms with Crippen molar-refractivity contribution in [2.45, 2.75) is 11.0 Å². The molecule has 0 saturated carbocycles. The second-order valence-corrected chi connectivity index (χ2v) is 4.53. The summed E-state index contributed by atoms with van der Waals surface area (Å²) in [7, 11) is 0. The number of nitrogens with one attached hydrogen (secondary N) is 1. The van der Waals surface area contributed by atoms with Crippen LogP contribution in [0.4, 0.5) is 0 Å². The van der Waals surface area contributed by atoms with E-state index in [1.807, 2.05) is 0 Å². The molecule has 3 N–H and O–H groups in total. The van der Waals surface area contributed by atoms with E-state index in [9.17, 15) is 4.79 Å². The number of rotatable bonds is 4. The Morgan fingerprint density at radius 1 is 1.67 bits per heavy atom. The van der Waals surface area contributed by atoms with Crippen LogP contribution in [0.1, 0.15) is 16.1 Å². The summed E-state index contributed by atoms with van der Waals surface area (Å²) >= 11 is 1.77. The highest BCUT2D eigenvalue weighted by Crippen LogP contribution is 2.24. The van der Waals surface area contributed by atoms with Gasteiger partial charge in [0.05, 0.1) is 29.8 Å². The van der Waals surface area contributed by atoms with Gasteiger partial charge in [0, 0.05) is 0 Å². The second-order valence-electron chi connectivity index (χ2n) is 3.25. The van der Waals surface area contributed by atoms with Gasteiger partial charge in [0.2, 0.25) is 0 Å². The molecule has 1 aliphatic rings. The zero-order valence-corrected chi connectivity index (χ0v) is 8.88. The van der Waals surface area contributed by atoms with Gasteiger partial charge in [-0.1, -0.05) is 0 Å². The van der Waals surface area contributed by atoms with Crippen LogP contribution >= 0.6 is 11.8 Å². The molecule has 6 heteroatoms. The summed E-state index contributed by atoms with van der Waals surface area (Å²) in [5.41, 5.74) is 2.51. The van der Waals surface area contributed by atoms with Crippen molar-refractivity contribution in [3.8, 4) is 0 Å². The van der Waals surface area contributed by atoms with Crippen molar-refractivity contribution in [1.82, 2.24) is 5.43 Å². The standard InChI is InChI=1S/C9H12N2O3S/c10-11-9(12)6-1-7(14-2-6)5-15-8-3-13-4-8/h1-2,8H,3-5,10H2,(H,11,12). The predicted molar refractivity (Wildman–Crippen MR) is 56.3 cm³/mol. The third kappa shape index (κ3) is 2.53. The molecule has 1 aromatic rings. The molecular formula is C9H12N2O3S. The van der Waals surface area contributed by atoms with E-state index in [4.69, 9.17) is 15.0 Å². The lowest BCUT2D eigenvalue weighted by Crippen LogP contribution is -2.30. The van der Waals surface area contributed by atoms with Gasteiger partial charge in [-0.05, 0) is 6.07 Å². The second kappa shape index (κ2) is 4.69. The number of furan rings is 1. The van der Waals surface area contributed by atoms with E-state index >= 15 is 0 Å². The summed E-state index contributed by atoms with van der Waals surface area (Å²) in [6.45, 7) is 1.61. The first kappa shape index (κ1) is 10.5. The lowest BCUT2D eigenvalue weighted by atomic mass is 10.3. The maximum absolute atomic E-state index is 11.1. The van der Waals surface area contributed by atoms with Crippen LogP contribution in [0.5, 0.6) is 0 Å². The SMILES string of the molecule is NNC(=O)c1coc(CSC2COC2)c1. The lowest BCUT2D eigenvalue weighted by Gasteiger charge is -2.24. The first-order valence-electron chi connectivity index (χ1n) is 4.57. The van der Waals surface area contributed by atoms with Crippen LogP contribution < -0.4 is 11.3 Å². The van der Waals surface area contributed by atoms with Crippen LogP contribution in [-0.2, 0) is 10.5 Å². The van der Waals surface area contributed by atoms with Gasteiger partial charge in [-0.25, -0.2) is 5.84 Å². The summed E-state index contributed by atoms with van der Waals surface area (Å²) in [5.74, 6) is 6.21. The van der Waals surface area contributed by atoms with Crippen molar-refractivity contribution in [1.29, 1.82) is 0 Å². The number of ether oxygens (including phenoxy) is 1. The third-order valence-electron chi connectivity index (χ3n) is 2.12. The first-order valence-corrected chi connectivity index (χ1v) is 5.62. The highest BCUT2D eigenvalue weighted by Gasteiger charge is 2.19. The molecule has 0 aromatic carbocycles. The molecule has 5 nitrogen and oxygen atoms in total. The van der Waals surface area contributed by atoms with E-state index in [0.717, 1.165) is 24.7 Å². The summed E-state index contributed by atoms with van der Waals surface area (Å²) in [5, 5.41) is 0.557. The maximum atomic E-state index is 11.1. The molecule has 1 aromatic heterocycles. The minimum atomic E-state index is -0.332. The molecule has 2 heterocycles.